The van der Waals surface area contributed by atoms with E-state index in [1.807, 2.05) is 56.3 Å². The van der Waals surface area contributed by atoms with Gasteiger partial charge in [-0.25, -0.2) is 4.98 Å². The van der Waals surface area contributed by atoms with Crippen molar-refractivity contribution in [1.29, 1.82) is 0 Å². The Hall–Kier alpha value is -1.68. The van der Waals surface area contributed by atoms with Crippen LogP contribution in [0.15, 0.2) is 42.5 Å². The van der Waals surface area contributed by atoms with Gasteiger partial charge in [0, 0.05) is 22.6 Å². The molecule has 0 aliphatic carbocycles. The second-order valence-electron chi connectivity index (χ2n) is 4.56. The zero-order chi connectivity index (χ0) is 14.4. The number of rotatable bonds is 6. The molecule has 1 aromatic carbocycles. The van der Waals surface area contributed by atoms with Crippen molar-refractivity contribution in [2.45, 2.75) is 25.4 Å². The van der Waals surface area contributed by atoms with E-state index in [-0.39, 0.29) is 0 Å². The van der Waals surface area contributed by atoms with Crippen LogP contribution in [0.3, 0.4) is 0 Å². The normalized spacial score (nSPS) is 12.1. The van der Waals surface area contributed by atoms with E-state index in [2.05, 4.69) is 4.98 Å². The summed E-state index contributed by atoms with van der Waals surface area (Å²) >= 11 is 0. The number of hydrogen-bond donors (Lipinski definition) is 0. The van der Waals surface area contributed by atoms with Crippen LogP contribution in [-0.4, -0.2) is 15.8 Å². The second-order valence-corrected chi connectivity index (χ2v) is 6.01. The van der Waals surface area contributed by atoms with Gasteiger partial charge in [0.2, 0.25) is 5.88 Å². The summed E-state index contributed by atoms with van der Waals surface area (Å²) in [6.45, 7) is 4.55. The van der Waals surface area contributed by atoms with Crippen molar-refractivity contribution in [3.05, 3.63) is 59.3 Å². The average Bonchev–Trinajstić information content (AvgIpc) is 2.42. The van der Waals surface area contributed by atoms with Crippen molar-refractivity contribution in [3.8, 4) is 5.88 Å². The van der Waals surface area contributed by atoms with Gasteiger partial charge in [0.1, 0.15) is 0 Å². The van der Waals surface area contributed by atoms with Crippen LogP contribution in [0.2, 0.25) is 0 Å². The lowest BCUT2D eigenvalue weighted by Gasteiger charge is -2.07. The Morgan fingerprint density at radius 1 is 1.10 bits per heavy atom. The Morgan fingerprint density at radius 2 is 1.90 bits per heavy atom. The van der Waals surface area contributed by atoms with Crippen LogP contribution in [0.25, 0.3) is 0 Å². The van der Waals surface area contributed by atoms with Gasteiger partial charge in [-0.3, -0.25) is 4.21 Å². The molecule has 0 radical (unpaired) electrons. The molecule has 1 atom stereocenters. The molecule has 0 N–H and O–H groups in total. The van der Waals surface area contributed by atoms with Crippen LogP contribution in [0, 0.1) is 6.92 Å². The fraction of sp³-hybridized carbons (Fsp3) is 0.312. The first kappa shape index (κ1) is 14.7. The first-order valence-electron chi connectivity index (χ1n) is 6.67. The lowest BCUT2D eigenvalue weighted by molar-refractivity contribution is 0.326. The molecule has 0 saturated heterocycles. The van der Waals surface area contributed by atoms with Gasteiger partial charge in [0.25, 0.3) is 0 Å². The summed E-state index contributed by atoms with van der Waals surface area (Å²) in [5.41, 5.74) is 3.12. The molecular formula is C16H19NO2S. The molecule has 106 valence electrons. The molecule has 0 amide bonds. The quantitative estimate of drug-likeness (QED) is 0.819. The summed E-state index contributed by atoms with van der Waals surface area (Å²) in [5, 5.41) is 0. The molecule has 2 rings (SSSR count). The molecule has 2 aromatic rings. The van der Waals surface area contributed by atoms with Crippen molar-refractivity contribution in [3.63, 3.8) is 0 Å². The maximum absolute atomic E-state index is 12.2. The molecule has 0 bridgehead atoms. The molecule has 3 nitrogen and oxygen atoms in total. The van der Waals surface area contributed by atoms with Gasteiger partial charge in [-0.2, -0.15) is 0 Å². The minimum atomic E-state index is -0.963. The van der Waals surface area contributed by atoms with Crippen molar-refractivity contribution >= 4 is 10.8 Å². The Labute approximate surface area is 122 Å². The lowest BCUT2D eigenvalue weighted by atomic mass is 10.1. The van der Waals surface area contributed by atoms with E-state index in [1.165, 1.54) is 5.56 Å². The highest BCUT2D eigenvalue weighted by molar-refractivity contribution is 7.83. The minimum Gasteiger partial charge on any atom is -0.478 e. The fourth-order valence-corrected chi connectivity index (χ4v) is 3.19. The van der Waals surface area contributed by atoms with Gasteiger partial charge in [0.15, 0.2) is 0 Å². The van der Waals surface area contributed by atoms with Crippen LogP contribution >= 0.6 is 0 Å². The van der Waals surface area contributed by atoms with Crippen LogP contribution < -0.4 is 4.74 Å². The third-order valence-corrected chi connectivity index (χ3v) is 4.21. The molecular weight excluding hydrogens is 270 g/mol. The highest BCUT2D eigenvalue weighted by Crippen LogP contribution is 2.13. The van der Waals surface area contributed by atoms with Gasteiger partial charge in [0.05, 0.1) is 18.1 Å². The number of pyridine rings is 1. The summed E-state index contributed by atoms with van der Waals surface area (Å²) < 4.78 is 17.6. The zero-order valence-corrected chi connectivity index (χ0v) is 12.7. The van der Waals surface area contributed by atoms with E-state index in [9.17, 15) is 4.21 Å². The summed E-state index contributed by atoms with van der Waals surface area (Å²) in [5.74, 6) is 1.61. The largest absolute Gasteiger partial charge is 0.478 e. The SMILES string of the molecule is CCOc1cccc(CS(=O)Cc2ccccc2C)n1. The maximum atomic E-state index is 12.2. The van der Waals surface area contributed by atoms with Gasteiger partial charge in [-0.1, -0.05) is 30.3 Å². The van der Waals surface area contributed by atoms with E-state index in [1.54, 1.807) is 0 Å². The summed E-state index contributed by atoms with van der Waals surface area (Å²) in [6.07, 6.45) is 0. The Balaban J connectivity index is 2.01. The molecule has 20 heavy (non-hydrogen) atoms. The van der Waals surface area contributed by atoms with Gasteiger partial charge < -0.3 is 4.74 Å². The van der Waals surface area contributed by atoms with Crippen molar-refractivity contribution < 1.29 is 8.95 Å². The summed E-state index contributed by atoms with van der Waals surface area (Å²) in [4.78, 5) is 4.35. The van der Waals surface area contributed by atoms with E-state index >= 15 is 0 Å². The Kier molecular flexibility index (Phi) is 5.30. The molecule has 1 aromatic heterocycles. The average molecular weight is 289 g/mol. The van der Waals surface area contributed by atoms with Gasteiger partial charge in [-0.05, 0) is 31.0 Å². The van der Waals surface area contributed by atoms with E-state index in [0.717, 1.165) is 11.3 Å². The van der Waals surface area contributed by atoms with Crippen LogP contribution in [0.1, 0.15) is 23.7 Å². The third kappa shape index (κ3) is 4.17. The standard InChI is InChI=1S/C16H19NO2S/c1-3-19-16-10-6-9-15(17-16)12-20(18)11-14-8-5-4-7-13(14)2/h4-10H,3,11-12H2,1-2H3. The van der Waals surface area contributed by atoms with E-state index in [0.29, 0.717) is 24.0 Å². The maximum Gasteiger partial charge on any atom is 0.213 e. The molecule has 0 spiro atoms. The fourth-order valence-electron chi connectivity index (χ4n) is 1.93. The van der Waals surface area contributed by atoms with Gasteiger partial charge >= 0.3 is 0 Å². The predicted octanol–water partition coefficient (Wildman–Crippen LogP) is 3.24. The molecule has 0 fully saturated rings. The number of hydrogen-bond acceptors (Lipinski definition) is 3. The summed E-state index contributed by atoms with van der Waals surface area (Å²) in [6, 6.07) is 13.6. The topological polar surface area (TPSA) is 39.2 Å². The van der Waals surface area contributed by atoms with Crippen molar-refractivity contribution in [2.75, 3.05) is 6.61 Å². The van der Waals surface area contributed by atoms with E-state index in [4.69, 9.17) is 4.74 Å². The molecule has 1 heterocycles. The smallest absolute Gasteiger partial charge is 0.213 e. The number of aromatic nitrogens is 1. The molecule has 1 unspecified atom stereocenters. The third-order valence-electron chi connectivity index (χ3n) is 2.96. The van der Waals surface area contributed by atoms with Crippen molar-refractivity contribution in [1.82, 2.24) is 4.98 Å². The number of benzene rings is 1. The molecule has 4 heteroatoms. The van der Waals surface area contributed by atoms with Crippen LogP contribution in [-0.2, 0) is 22.3 Å². The Morgan fingerprint density at radius 3 is 2.65 bits per heavy atom. The predicted molar refractivity (Wildman–Crippen MR) is 82.1 cm³/mol. The molecule has 0 saturated carbocycles. The van der Waals surface area contributed by atoms with Crippen LogP contribution in [0.5, 0.6) is 5.88 Å². The number of aryl methyl sites for hydroxylation is 1. The monoisotopic (exact) mass is 289 g/mol. The first-order chi connectivity index (χ1) is 9.69. The number of nitrogens with zero attached hydrogens (tertiary/aromatic N) is 1. The Bertz CT molecular complexity index is 599. The lowest BCUT2D eigenvalue weighted by Crippen LogP contribution is -2.03. The number of ether oxygens (including phenoxy) is 1. The second kappa shape index (κ2) is 7.20. The zero-order valence-electron chi connectivity index (χ0n) is 11.8. The highest BCUT2D eigenvalue weighted by Gasteiger charge is 2.07. The first-order valence-corrected chi connectivity index (χ1v) is 8.16. The van der Waals surface area contributed by atoms with E-state index < -0.39 is 10.8 Å². The summed E-state index contributed by atoms with van der Waals surface area (Å²) in [7, 11) is -0.963. The van der Waals surface area contributed by atoms with Crippen molar-refractivity contribution in [2.24, 2.45) is 0 Å². The molecule has 0 aliphatic heterocycles. The minimum absolute atomic E-state index is 0.454. The van der Waals surface area contributed by atoms with Crippen LogP contribution in [0.4, 0.5) is 0 Å². The molecule has 0 aliphatic rings. The van der Waals surface area contributed by atoms with Gasteiger partial charge in [-0.15, -0.1) is 0 Å². The highest BCUT2D eigenvalue weighted by atomic mass is 32.2.